The van der Waals surface area contributed by atoms with E-state index in [1.165, 1.54) is 17.5 Å². The monoisotopic (exact) mass is 365 g/mol. The number of nitrogens with two attached hydrogens (primary N) is 1. The Hall–Kier alpha value is -2.05. The lowest BCUT2D eigenvalue weighted by atomic mass is 9.90. The van der Waals surface area contributed by atoms with E-state index in [1.54, 1.807) is 14.2 Å². The minimum Gasteiger partial charge on any atom is -0.497 e. The molecular weight excluding hydrogens is 338 g/mol. The molecule has 25 heavy (non-hydrogen) atoms. The minimum atomic E-state index is -2.62. The standard InChI is InChI=1S/C19H24O2.H3NO2S/c1-4-15(13-16-5-9-18(20-2)10-6-16)14-17-7-11-19(21-3)12-8-17;1-4(2)3/h5-12,15H,4,13-14H2,1-3H3;4H,(H2,1,2,3). The highest BCUT2D eigenvalue weighted by Gasteiger charge is 2.09. The summed E-state index contributed by atoms with van der Waals surface area (Å²) in [7, 11) is 0.783. The summed E-state index contributed by atoms with van der Waals surface area (Å²) in [5, 5.41) is 4.06. The van der Waals surface area contributed by atoms with E-state index >= 15 is 0 Å². The highest BCUT2D eigenvalue weighted by molar-refractivity contribution is 7.69. The minimum absolute atomic E-state index is 0.659. The molecule has 0 spiro atoms. The molecule has 0 aliphatic carbocycles. The van der Waals surface area contributed by atoms with Gasteiger partial charge in [-0.15, -0.1) is 0 Å². The Kier molecular flexibility index (Phi) is 9.65. The van der Waals surface area contributed by atoms with Gasteiger partial charge in [0.15, 0.2) is 10.9 Å². The summed E-state index contributed by atoms with van der Waals surface area (Å²) >= 11 is 0. The van der Waals surface area contributed by atoms with Gasteiger partial charge in [-0.2, -0.15) is 0 Å². The van der Waals surface area contributed by atoms with Crippen LogP contribution >= 0.6 is 0 Å². The maximum Gasteiger partial charge on any atom is 0.198 e. The Morgan fingerprint density at radius 2 is 1.16 bits per heavy atom. The predicted octanol–water partition coefficient (Wildman–Crippen LogP) is 2.99. The third-order valence-electron chi connectivity index (χ3n) is 3.94. The Labute approximate surface area is 151 Å². The highest BCUT2D eigenvalue weighted by Crippen LogP contribution is 2.21. The summed E-state index contributed by atoms with van der Waals surface area (Å²) in [6.07, 6.45) is 3.39. The van der Waals surface area contributed by atoms with Gasteiger partial charge in [0.2, 0.25) is 0 Å². The second kappa shape index (κ2) is 11.5. The van der Waals surface area contributed by atoms with Crippen LogP contribution < -0.4 is 14.6 Å². The molecule has 0 bridgehead atoms. The molecule has 0 heterocycles. The highest BCUT2D eigenvalue weighted by atomic mass is 32.2. The second-order valence-corrected chi connectivity index (χ2v) is 6.23. The van der Waals surface area contributed by atoms with Crippen molar-refractivity contribution < 1.29 is 17.9 Å². The molecule has 5 nitrogen and oxygen atoms in total. The molecule has 2 aromatic carbocycles. The second-order valence-electron chi connectivity index (χ2n) is 5.66. The average Bonchev–Trinajstić information content (AvgIpc) is 2.62. The van der Waals surface area contributed by atoms with Gasteiger partial charge in [-0.05, 0) is 54.2 Å². The first-order valence-corrected chi connectivity index (χ1v) is 9.38. The van der Waals surface area contributed by atoms with Crippen molar-refractivity contribution >= 4 is 10.9 Å². The maximum atomic E-state index is 8.81. The fraction of sp³-hybridized carbons (Fsp3) is 0.368. The summed E-state index contributed by atoms with van der Waals surface area (Å²) in [4.78, 5) is 0. The molecule has 0 unspecified atom stereocenters. The molecule has 138 valence electrons. The third kappa shape index (κ3) is 8.56. The Bertz CT molecular complexity index is 624. The molecular formula is C19H27NO4S. The third-order valence-corrected chi connectivity index (χ3v) is 3.94. The van der Waals surface area contributed by atoms with E-state index in [4.69, 9.17) is 17.9 Å². The zero-order valence-electron chi connectivity index (χ0n) is 15.0. The van der Waals surface area contributed by atoms with Gasteiger partial charge in [0, 0.05) is 0 Å². The molecule has 0 amide bonds. The molecule has 2 aromatic rings. The average molecular weight is 365 g/mol. The van der Waals surface area contributed by atoms with Crippen LogP contribution in [0.1, 0.15) is 24.5 Å². The Morgan fingerprint density at radius 3 is 1.40 bits per heavy atom. The van der Waals surface area contributed by atoms with Crippen LogP contribution in [-0.4, -0.2) is 22.6 Å². The lowest BCUT2D eigenvalue weighted by molar-refractivity contribution is 0.414. The van der Waals surface area contributed by atoms with E-state index in [0.717, 1.165) is 24.3 Å². The van der Waals surface area contributed by atoms with Gasteiger partial charge in [-0.1, -0.05) is 37.6 Å². The zero-order chi connectivity index (χ0) is 18.7. The molecule has 6 heteroatoms. The van der Waals surface area contributed by atoms with Crippen LogP contribution in [0, 0.1) is 5.92 Å². The molecule has 0 saturated carbocycles. The van der Waals surface area contributed by atoms with Gasteiger partial charge < -0.3 is 9.47 Å². The van der Waals surface area contributed by atoms with Gasteiger partial charge in [0.25, 0.3) is 0 Å². The van der Waals surface area contributed by atoms with Crippen molar-refractivity contribution in [1.29, 1.82) is 0 Å². The number of hydrogen-bond donors (Lipinski definition) is 2. The van der Waals surface area contributed by atoms with Crippen molar-refractivity contribution in [2.45, 2.75) is 26.2 Å². The van der Waals surface area contributed by atoms with Gasteiger partial charge in [0.05, 0.1) is 14.2 Å². The molecule has 2 N–H and O–H groups in total. The lowest BCUT2D eigenvalue weighted by Crippen LogP contribution is -2.07. The van der Waals surface area contributed by atoms with E-state index in [2.05, 4.69) is 36.3 Å². The smallest absolute Gasteiger partial charge is 0.198 e. The number of thiol groups is 1. The number of ether oxygens (including phenoxy) is 2. The number of rotatable bonds is 7. The van der Waals surface area contributed by atoms with Crippen molar-refractivity contribution in [3.05, 3.63) is 59.7 Å². The van der Waals surface area contributed by atoms with Crippen molar-refractivity contribution in [2.75, 3.05) is 14.2 Å². The van der Waals surface area contributed by atoms with Gasteiger partial charge >= 0.3 is 0 Å². The summed E-state index contributed by atoms with van der Waals surface area (Å²) < 4.78 is 28.0. The van der Waals surface area contributed by atoms with Crippen LogP contribution in [0.2, 0.25) is 0 Å². The molecule has 0 saturated heterocycles. The molecule has 0 radical (unpaired) electrons. The first-order chi connectivity index (χ1) is 12.0. The van der Waals surface area contributed by atoms with Gasteiger partial charge in [-0.25, -0.2) is 13.6 Å². The van der Waals surface area contributed by atoms with E-state index < -0.39 is 10.9 Å². The molecule has 0 fully saturated rings. The van der Waals surface area contributed by atoms with Crippen molar-refractivity contribution in [3.63, 3.8) is 0 Å². The lowest BCUT2D eigenvalue weighted by Gasteiger charge is -2.15. The number of benzene rings is 2. The number of methoxy groups -OCH3 is 2. The molecule has 2 rings (SSSR count). The van der Waals surface area contributed by atoms with Gasteiger partial charge in [-0.3, -0.25) is 0 Å². The molecule has 0 aromatic heterocycles. The van der Waals surface area contributed by atoms with Crippen LogP contribution in [-0.2, 0) is 23.7 Å². The first kappa shape index (κ1) is 21.0. The number of hydrogen-bond acceptors (Lipinski definition) is 4. The van der Waals surface area contributed by atoms with Crippen LogP contribution in [0.5, 0.6) is 11.5 Å². The fourth-order valence-corrected chi connectivity index (χ4v) is 2.55. The summed E-state index contributed by atoms with van der Waals surface area (Å²) in [5.41, 5.74) is 2.74. The Morgan fingerprint density at radius 1 is 0.840 bits per heavy atom. The van der Waals surface area contributed by atoms with Crippen molar-refractivity contribution in [3.8, 4) is 11.5 Å². The predicted molar refractivity (Wildman–Crippen MR) is 102 cm³/mol. The zero-order valence-corrected chi connectivity index (χ0v) is 15.9. The van der Waals surface area contributed by atoms with Crippen molar-refractivity contribution in [1.82, 2.24) is 0 Å². The van der Waals surface area contributed by atoms with Crippen LogP contribution in [0.15, 0.2) is 48.5 Å². The summed E-state index contributed by atoms with van der Waals surface area (Å²) in [6, 6.07) is 16.8. The van der Waals surface area contributed by atoms with Crippen LogP contribution in [0.25, 0.3) is 0 Å². The fourth-order valence-electron chi connectivity index (χ4n) is 2.55. The van der Waals surface area contributed by atoms with E-state index in [9.17, 15) is 0 Å². The summed E-state index contributed by atoms with van der Waals surface area (Å²) in [5.74, 6) is 2.50. The molecule has 0 aliphatic heterocycles. The SMILES string of the molecule is CCC(Cc1ccc(OC)cc1)Cc1ccc(OC)cc1.N[SH](=O)=O. The quantitative estimate of drug-likeness (QED) is 0.740. The van der Waals surface area contributed by atoms with Crippen molar-refractivity contribution in [2.24, 2.45) is 11.1 Å². The topological polar surface area (TPSA) is 78.6 Å². The Balaban J connectivity index is 0.000000705. The van der Waals surface area contributed by atoms with Crippen LogP contribution in [0.3, 0.4) is 0 Å². The largest absolute Gasteiger partial charge is 0.497 e. The van der Waals surface area contributed by atoms with Crippen LogP contribution in [0.4, 0.5) is 0 Å². The van der Waals surface area contributed by atoms with E-state index in [1.807, 2.05) is 24.3 Å². The first-order valence-electron chi connectivity index (χ1n) is 8.13. The van der Waals surface area contributed by atoms with E-state index in [0.29, 0.717) is 5.92 Å². The molecule has 0 atom stereocenters. The van der Waals surface area contributed by atoms with Gasteiger partial charge in [0.1, 0.15) is 11.5 Å². The molecule has 0 aliphatic rings. The van der Waals surface area contributed by atoms with E-state index in [-0.39, 0.29) is 0 Å². The summed E-state index contributed by atoms with van der Waals surface area (Å²) in [6.45, 7) is 2.26. The normalized spacial score (nSPS) is 10.3. The maximum absolute atomic E-state index is 8.81.